The Kier molecular flexibility index (Phi) is 6.50. The van der Waals surface area contributed by atoms with Crippen LogP contribution in [0.15, 0.2) is 30.6 Å². The van der Waals surface area contributed by atoms with E-state index in [2.05, 4.69) is 32.2 Å². The monoisotopic (exact) mass is 441 g/mol. The van der Waals surface area contributed by atoms with Gasteiger partial charge in [-0.1, -0.05) is 18.2 Å². The number of nitrogens with zero attached hydrogens (tertiary/aromatic N) is 4. The maximum Gasteiger partial charge on any atom is 0.218 e. The minimum Gasteiger partial charge on any atom is -0.481 e. The van der Waals surface area contributed by atoms with E-state index in [1.165, 1.54) is 19.3 Å². The molecule has 1 unspecified atom stereocenters. The highest BCUT2D eigenvalue weighted by atomic mass is 19.1. The van der Waals surface area contributed by atoms with Gasteiger partial charge in [0, 0.05) is 16.7 Å². The summed E-state index contributed by atoms with van der Waals surface area (Å²) >= 11 is 0. The number of alkyl halides is 1. The molecule has 6 nitrogen and oxygen atoms in total. The minimum atomic E-state index is -1.38. The van der Waals surface area contributed by atoms with E-state index in [9.17, 15) is 8.78 Å². The van der Waals surface area contributed by atoms with E-state index >= 15 is 0 Å². The topological polar surface area (TPSA) is 63.2 Å². The van der Waals surface area contributed by atoms with Crippen LogP contribution in [0, 0.1) is 5.82 Å². The number of halogens is 2. The van der Waals surface area contributed by atoms with Crippen molar-refractivity contribution >= 4 is 16.9 Å². The number of piperidine rings is 1. The zero-order chi connectivity index (χ0) is 22.8. The van der Waals surface area contributed by atoms with Crippen LogP contribution < -0.4 is 10.1 Å². The molecule has 170 valence electrons. The molecule has 8 heteroatoms. The number of anilines is 1. The molecule has 0 amide bonds. The molecular weight excluding hydrogens is 412 g/mol. The lowest BCUT2D eigenvalue weighted by Crippen LogP contribution is -2.29. The quantitative estimate of drug-likeness (QED) is 0.568. The van der Waals surface area contributed by atoms with Crippen molar-refractivity contribution in [2.75, 3.05) is 32.6 Å². The molecule has 0 radical (unpaired) electrons. The zero-order valence-electron chi connectivity index (χ0n) is 18.9. The number of nitrogens with one attached hydrogen (secondary N) is 1. The summed E-state index contributed by atoms with van der Waals surface area (Å²) in [7, 11) is 3.75. The second kappa shape index (κ2) is 9.32. The van der Waals surface area contributed by atoms with Crippen molar-refractivity contribution in [1.82, 2.24) is 19.9 Å². The highest BCUT2D eigenvalue weighted by Crippen LogP contribution is 2.36. The van der Waals surface area contributed by atoms with E-state index in [1.54, 1.807) is 19.2 Å². The van der Waals surface area contributed by atoms with E-state index in [-0.39, 0.29) is 5.56 Å². The largest absolute Gasteiger partial charge is 0.481 e. The predicted molar refractivity (Wildman–Crippen MR) is 121 cm³/mol. The highest BCUT2D eigenvalue weighted by molar-refractivity contribution is 5.87. The smallest absolute Gasteiger partial charge is 0.218 e. The lowest BCUT2D eigenvalue weighted by atomic mass is 9.89. The Balaban J connectivity index is 1.70. The van der Waals surface area contributed by atoms with Gasteiger partial charge < -0.3 is 15.0 Å². The predicted octanol–water partition coefficient (Wildman–Crippen LogP) is 5.19. The van der Waals surface area contributed by atoms with Crippen molar-refractivity contribution in [2.45, 2.75) is 44.8 Å². The van der Waals surface area contributed by atoms with Crippen LogP contribution in [-0.2, 0) is 0 Å². The van der Waals surface area contributed by atoms with Gasteiger partial charge in [0.25, 0.3) is 0 Å². The van der Waals surface area contributed by atoms with Crippen LogP contribution >= 0.6 is 0 Å². The third kappa shape index (κ3) is 4.37. The number of fused-ring (bicyclic) bond motifs is 1. The number of likely N-dealkylation sites (tertiary alicyclic amines) is 1. The van der Waals surface area contributed by atoms with Gasteiger partial charge in [-0.05, 0) is 58.8 Å². The fraction of sp³-hybridized carbons (Fsp3) is 0.458. The number of pyridine rings is 1. The maximum absolute atomic E-state index is 14.9. The summed E-state index contributed by atoms with van der Waals surface area (Å²) in [5, 5.41) is 4.03. The van der Waals surface area contributed by atoms with Gasteiger partial charge in [0.1, 0.15) is 24.1 Å². The number of methoxy groups -OCH3 is 1. The summed E-state index contributed by atoms with van der Waals surface area (Å²) in [5.41, 5.74) is 1.99. The molecule has 0 aliphatic carbocycles. The van der Waals surface area contributed by atoms with E-state index in [0.29, 0.717) is 28.8 Å². The van der Waals surface area contributed by atoms with Crippen molar-refractivity contribution in [3.05, 3.63) is 53.1 Å². The van der Waals surface area contributed by atoms with Gasteiger partial charge >= 0.3 is 0 Å². The Bertz CT molecular complexity index is 1100. The molecule has 1 N–H and O–H groups in total. The van der Waals surface area contributed by atoms with Crippen molar-refractivity contribution in [2.24, 2.45) is 0 Å². The zero-order valence-corrected chi connectivity index (χ0v) is 18.9. The molecule has 1 aliphatic heterocycles. The second-order valence-electron chi connectivity index (χ2n) is 8.49. The Hall–Kier alpha value is -2.87. The fourth-order valence-corrected chi connectivity index (χ4v) is 4.37. The van der Waals surface area contributed by atoms with Crippen LogP contribution in [0.2, 0.25) is 0 Å². The van der Waals surface area contributed by atoms with Gasteiger partial charge in [0.2, 0.25) is 5.88 Å². The summed E-state index contributed by atoms with van der Waals surface area (Å²) < 4.78 is 34.3. The number of ether oxygens (including phenoxy) is 1. The molecule has 0 spiro atoms. The SMILES string of the molecule is COc1nc2ncnc(N[C@H](C)c3cccc(C(C)F)c3F)c2cc1C1CCN(C)CC1. The maximum atomic E-state index is 14.9. The normalized spacial score (nSPS) is 17.3. The molecule has 3 heterocycles. The van der Waals surface area contributed by atoms with Crippen LogP contribution in [0.25, 0.3) is 11.0 Å². The third-order valence-corrected chi connectivity index (χ3v) is 6.28. The lowest BCUT2D eigenvalue weighted by Gasteiger charge is -2.29. The molecule has 1 fully saturated rings. The van der Waals surface area contributed by atoms with Gasteiger partial charge in [-0.3, -0.25) is 0 Å². The van der Waals surface area contributed by atoms with Crippen molar-refractivity contribution in [1.29, 1.82) is 0 Å². The average molecular weight is 442 g/mol. The molecule has 2 aromatic heterocycles. The molecule has 1 aliphatic rings. The molecule has 1 saturated heterocycles. The van der Waals surface area contributed by atoms with E-state index in [0.717, 1.165) is 36.9 Å². The number of rotatable bonds is 6. The number of benzene rings is 1. The van der Waals surface area contributed by atoms with Gasteiger partial charge in [-0.2, -0.15) is 4.98 Å². The fourth-order valence-electron chi connectivity index (χ4n) is 4.37. The Labute approximate surface area is 187 Å². The molecule has 3 aromatic rings. The standard InChI is InChI=1S/C24H29F2N5O/c1-14(25)17-6-5-7-18(21(17)26)15(2)29-22-20-12-19(16-8-10-31(3)11-9-16)24(32-4)30-23(20)28-13-27-22/h5-7,12-16H,8-11H2,1-4H3,(H,27,28,29,30)/t14?,15-/m1/s1. The Morgan fingerprint density at radius 2 is 1.88 bits per heavy atom. The van der Waals surface area contributed by atoms with Crippen molar-refractivity contribution in [3.63, 3.8) is 0 Å². The number of hydrogen-bond acceptors (Lipinski definition) is 6. The third-order valence-electron chi connectivity index (χ3n) is 6.28. The average Bonchev–Trinajstić information content (AvgIpc) is 2.79. The van der Waals surface area contributed by atoms with Crippen LogP contribution in [0.5, 0.6) is 5.88 Å². The number of hydrogen-bond donors (Lipinski definition) is 1. The minimum absolute atomic E-state index is 0.0552. The van der Waals surface area contributed by atoms with E-state index in [1.807, 2.05) is 13.0 Å². The second-order valence-corrected chi connectivity index (χ2v) is 8.49. The summed E-state index contributed by atoms with van der Waals surface area (Å²) in [6.07, 6.45) is 2.09. The number of aromatic nitrogens is 3. The van der Waals surface area contributed by atoms with E-state index < -0.39 is 18.0 Å². The summed E-state index contributed by atoms with van der Waals surface area (Å²) in [5.74, 6) is 0.946. The molecule has 0 bridgehead atoms. The van der Waals surface area contributed by atoms with Crippen LogP contribution in [0.1, 0.15) is 61.5 Å². The first kappa shape index (κ1) is 22.3. The lowest BCUT2D eigenvalue weighted by molar-refractivity contribution is 0.252. The van der Waals surface area contributed by atoms with E-state index in [4.69, 9.17) is 4.74 Å². The Morgan fingerprint density at radius 1 is 1.16 bits per heavy atom. The van der Waals surface area contributed by atoms with Gasteiger partial charge in [0.05, 0.1) is 18.5 Å². The molecule has 32 heavy (non-hydrogen) atoms. The summed E-state index contributed by atoms with van der Waals surface area (Å²) in [6.45, 7) is 5.19. The first-order valence-electron chi connectivity index (χ1n) is 11.0. The first-order chi connectivity index (χ1) is 15.4. The first-order valence-corrected chi connectivity index (χ1v) is 11.0. The molecule has 1 aromatic carbocycles. The van der Waals surface area contributed by atoms with Crippen LogP contribution in [0.4, 0.5) is 14.6 Å². The molecule has 0 saturated carbocycles. The van der Waals surface area contributed by atoms with Crippen LogP contribution in [-0.4, -0.2) is 47.1 Å². The highest BCUT2D eigenvalue weighted by Gasteiger charge is 2.24. The van der Waals surface area contributed by atoms with Crippen LogP contribution in [0.3, 0.4) is 0 Å². The molecule has 2 atom stereocenters. The van der Waals surface area contributed by atoms with Gasteiger partial charge in [-0.25, -0.2) is 18.7 Å². The Morgan fingerprint density at radius 3 is 2.56 bits per heavy atom. The van der Waals surface area contributed by atoms with Gasteiger partial charge in [0.15, 0.2) is 5.65 Å². The molecule has 4 rings (SSSR count). The summed E-state index contributed by atoms with van der Waals surface area (Å²) in [6, 6.07) is 6.42. The van der Waals surface area contributed by atoms with Crippen molar-refractivity contribution < 1.29 is 13.5 Å². The van der Waals surface area contributed by atoms with Gasteiger partial charge in [-0.15, -0.1) is 0 Å². The summed E-state index contributed by atoms with van der Waals surface area (Å²) in [4.78, 5) is 15.7. The van der Waals surface area contributed by atoms with Crippen molar-refractivity contribution in [3.8, 4) is 5.88 Å². The molecular formula is C24H29F2N5O.